The molecule has 0 fully saturated rings. The summed E-state index contributed by atoms with van der Waals surface area (Å²) in [5.74, 6) is 0.219. The molecule has 29 heavy (non-hydrogen) atoms. The van der Waals surface area contributed by atoms with Gasteiger partial charge in [-0.2, -0.15) is 5.10 Å². The Hall–Kier alpha value is -3.15. The second-order valence-corrected chi connectivity index (χ2v) is 7.31. The number of hydrogen-bond donors (Lipinski definition) is 2. The Kier molecular flexibility index (Phi) is 6.32. The van der Waals surface area contributed by atoms with Crippen molar-refractivity contribution < 1.29 is 9.18 Å². The summed E-state index contributed by atoms with van der Waals surface area (Å²) in [5, 5.41) is 10.2. The average Bonchev–Trinajstić information content (AvgIpc) is 2.97. The van der Waals surface area contributed by atoms with Crippen LogP contribution in [0, 0.1) is 19.7 Å². The van der Waals surface area contributed by atoms with E-state index < -0.39 is 0 Å². The van der Waals surface area contributed by atoms with Crippen LogP contribution < -0.4 is 10.6 Å². The maximum atomic E-state index is 13.9. The summed E-state index contributed by atoms with van der Waals surface area (Å²) in [7, 11) is 0. The van der Waals surface area contributed by atoms with E-state index in [1.165, 1.54) is 11.6 Å². The number of amides is 2. The van der Waals surface area contributed by atoms with Crippen molar-refractivity contribution in [1.29, 1.82) is 0 Å². The van der Waals surface area contributed by atoms with Gasteiger partial charge in [0.1, 0.15) is 5.82 Å². The third-order valence-corrected chi connectivity index (χ3v) is 5.25. The first-order valence-corrected chi connectivity index (χ1v) is 9.84. The van der Waals surface area contributed by atoms with Crippen molar-refractivity contribution in [3.05, 3.63) is 76.9 Å². The molecule has 0 saturated heterocycles. The summed E-state index contributed by atoms with van der Waals surface area (Å²) in [4.78, 5) is 12.5. The van der Waals surface area contributed by atoms with Crippen LogP contribution in [0.25, 0.3) is 0 Å². The maximum absolute atomic E-state index is 13.9. The van der Waals surface area contributed by atoms with E-state index in [1.54, 1.807) is 22.9 Å². The van der Waals surface area contributed by atoms with Crippen molar-refractivity contribution in [3.63, 3.8) is 0 Å². The molecule has 1 heterocycles. The molecule has 5 nitrogen and oxygen atoms in total. The summed E-state index contributed by atoms with van der Waals surface area (Å²) in [6, 6.07) is 14.2. The van der Waals surface area contributed by atoms with Gasteiger partial charge in [0.15, 0.2) is 0 Å². The van der Waals surface area contributed by atoms with Crippen molar-refractivity contribution in [2.24, 2.45) is 0 Å². The molecule has 2 amide bonds. The Bertz CT molecular complexity index is 995. The molecule has 0 spiro atoms. The Balaban J connectivity index is 1.69. The first kappa shape index (κ1) is 20.6. The maximum Gasteiger partial charge on any atom is 0.323 e. The van der Waals surface area contributed by atoms with Gasteiger partial charge in [0.05, 0.1) is 23.6 Å². The predicted molar refractivity (Wildman–Crippen MR) is 115 cm³/mol. The van der Waals surface area contributed by atoms with Crippen LogP contribution in [0.4, 0.5) is 20.6 Å². The summed E-state index contributed by atoms with van der Waals surface area (Å²) in [6.07, 6.45) is 1.07. The highest BCUT2D eigenvalue weighted by Gasteiger charge is 2.15. The molecule has 0 unspecified atom stereocenters. The number of hydrogen-bond acceptors (Lipinski definition) is 2. The number of anilines is 2. The fraction of sp³-hybridized carbons (Fsp3) is 0.304. The quantitative estimate of drug-likeness (QED) is 0.551. The lowest BCUT2D eigenvalue weighted by atomic mass is 9.99. The molecule has 3 rings (SSSR count). The van der Waals surface area contributed by atoms with Crippen LogP contribution in [0.15, 0.2) is 48.5 Å². The van der Waals surface area contributed by atoms with Gasteiger partial charge in [-0.1, -0.05) is 44.2 Å². The van der Waals surface area contributed by atoms with Gasteiger partial charge in [-0.15, -0.1) is 0 Å². The molecule has 1 aromatic heterocycles. The molecule has 2 aromatic carbocycles. The van der Waals surface area contributed by atoms with Gasteiger partial charge >= 0.3 is 6.03 Å². The minimum Gasteiger partial charge on any atom is -0.308 e. The molecule has 0 aliphatic carbocycles. The van der Waals surface area contributed by atoms with Crippen LogP contribution in [0.3, 0.4) is 0 Å². The number of nitrogens with one attached hydrogen (secondary N) is 2. The fourth-order valence-electron chi connectivity index (χ4n) is 3.23. The zero-order valence-electron chi connectivity index (χ0n) is 17.3. The van der Waals surface area contributed by atoms with Crippen molar-refractivity contribution in [2.45, 2.75) is 46.6 Å². The first-order valence-electron chi connectivity index (χ1n) is 9.84. The number of rotatable bonds is 6. The Morgan fingerprint density at radius 3 is 2.45 bits per heavy atom. The van der Waals surface area contributed by atoms with Gasteiger partial charge in [0.25, 0.3) is 0 Å². The van der Waals surface area contributed by atoms with E-state index in [0.29, 0.717) is 29.4 Å². The predicted octanol–water partition coefficient (Wildman–Crippen LogP) is 5.84. The number of carbonyl (C=O) groups excluding carboxylic acids is 1. The monoisotopic (exact) mass is 394 g/mol. The van der Waals surface area contributed by atoms with E-state index in [-0.39, 0.29) is 11.8 Å². The molecular weight excluding hydrogens is 367 g/mol. The van der Waals surface area contributed by atoms with Gasteiger partial charge in [-0.3, -0.25) is 4.68 Å². The van der Waals surface area contributed by atoms with Crippen molar-refractivity contribution >= 4 is 17.4 Å². The third kappa shape index (κ3) is 4.83. The summed E-state index contributed by atoms with van der Waals surface area (Å²) < 4.78 is 15.6. The van der Waals surface area contributed by atoms with E-state index >= 15 is 0 Å². The second-order valence-electron chi connectivity index (χ2n) is 7.31. The SMILES string of the molecule is CC[C@@H](C)c1ccc(NC(=O)Nc2c(C)nn(Cc3ccccc3F)c2C)cc1. The van der Waals surface area contributed by atoms with Gasteiger partial charge in [-0.25, -0.2) is 9.18 Å². The average molecular weight is 394 g/mol. The van der Waals surface area contributed by atoms with Crippen LogP contribution in [0.5, 0.6) is 0 Å². The second kappa shape index (κ2) is 8.90. The molecule has 0 aliphatic rings. The lowest BCUT2D eigenvalue weighted by Crippen LogP contribution is -2.20. The van der Waals surface area contributed by atoms with Crippen molar-refractivity contribution in [2.75, 3.05) is 10.6 Å². The molecule has 0 saturated carbocycles. The molecule has 6 heteroatoms. The highest BCUT2D eigenvalue weighted by Crippen LogP contribution is 2.23. The Morgan fingerprint density at radius 2 is 1.79 bits per heavy atom. The standard InChI is InChI=1S/C23H27FN4O/c1-5-15(2)18-10-12-20(13-11-18)25-23(29)26-22-16(3)27-28(17(22)4)14-19-8-6-7-9-21(19)24/h6-13,15H,5,14H2,1-4H3,(H2,25,26,29)/t15-/m1/s1. The minimum absolute atomic E-state index is 0.270. The molecule has 2 N–H and O–H groups in total. The van der Waals surface area contributed by atoms with E-state index in [1.807, 2.05) is 38.1 Å². The number of halogens is 1. The lowest BCUT2D eigenvalue weighted by Gasteiger charge is -2.11. The molecule has 3 aromatic rings. The first-order chi connectivity index (χ1) is 13.9. The van der Waals surface area contributed by atoms with Gasteiger partial charge in [0.2, 0.25) is 0 Å². The topological polar surface area (TPSA) is 59.0 Å². The number of urea groups is 1. The van der Waals surface area contributed by atoms with Crippen LogP contribution in [-0.2, 0) is 6.54 Å². The third-order valence-electron chi connectivity index (χ3n) is 5.25. The molecule has 1 atom stereocenters. The number of benzene rings is 2. The zero-order valence-corrected chi connectivity index (χ0v) is 17.3. The van der Waals surface area contributed by atoms with Crippen molar-refractivity contribution in [3.8, 4) is 0 Å². The molecule has 0 aliphatic heterocycles. The number of aryl methyl sites for hydroxylation is 1. The lowest BCUT2D eigenvalue weighted by molar-refractivity contribution is 0.262. The van der Waals surface area contributed by atoms with Crippen LogP contribution in [0.2, 0.25) is 0 Å². The Labute approximate surface area is 170 Å². The highest BCUT2D eigenvalue weighted by molar-refractivity contribution is 6.00. The van der Waals surface area contributed by atoms with Gasteiger partial charge in [-0.05, 0) is 49.9 Å². The molecule has 0 bridgehead atoms. The van der Waals surface area contributed by atoms with Crippen molar-refractivity contribution in [1.82, 2.24) is 9.78 Å². The fourth-order valence-corrected chi connectivity index (χ4v) is 3.23. The van der Waals surface area contributed by atoms with Gasteiger partial charge < -0.3 is 10.6 Å². The van der Waals surface area contributed by atoms with E-state index in [9.17, 15) is 9.18 Å². The number of aromatic nitrogens is 2. The van der Waals surface area contributed by atoms with E-state index in [2.05, 4.69) is 29.6 Å². The molecule has 0 radical (unpaired) electrons. The van der Waals surface area contributed by atoms with Crippen LogP contribution >= 0.6 is 0 Å². The Morgan fingerprint density at radius 1 is 1.10 bits per heavy atom. The normalized spacial score (nSPS) is 11.9. The van der Waals surface area contributed by atoms with Gasteiger partial charge in [0, 0.05) is 11.3 Å². The van der Waals surface area contributed by atoms with Crippen LogP contribution in [-0.4, -0.2) is 15.8 Å². The largest absolute Gasteiger partial charge is 0.323 e. The zero-order chi connectivity index (χ0) is 21.0. The number of carbonyl (C=O) groups is 1. The molecular formula is C23H27FN4O. The summed E-state index contributed by atoms with van der Waals surface area (Å²) in [5.41, 5.74) is 4.61. The van der Waals surface area contributed by atoms with Crippen LogP contribution in [0.1, 0.15) is 48.7 Å². The number of nitrogens with zero attached hydrogens (tertiary/aromatic N) is 2. The summed E-state index contributed by atoms with van der Waals surface area (Å²) >= 11 is 0. The van der Waals surface area contributed by atoms with E-state index in [4.69, 9.17) is 0 Å². The smallest absolute Gasteiger partial charge is 0.308 e. The van der Waals surface area contributed by atoms with E-state index in [0.717, 1.165) is 17.8 Å². The summed E-state index contributed by atoms with van der Waals surface area (Å²) in [6.45, 7) is 8.32. The minimum atomic E-state index is -0.335. The molecule has 152 valence electrons. The highest BCUT2D eigenvalue weighted by atomic mass is 19.1.